The second-order valence-electron chi connectivity index (χ2n) is 8.48. The molecule has 3 heterocycles. The van der Waals surface area contributed by atoms with Gasteiger partial charge in [0.25, 0.3) is 0 Å². The molecular weight excluding hydrogens is 350 g/mol. The van der Waals surface area contributed by atoms with Crippen LogP contribution in [0.5, 0.6) is 0 Å². The Morgan fingerprint density at radius 3 is 2.09 bits per heavy atom. The van der Waals surface area contributed by atoms with E-state index in [0.29, 0.717) is 17.8 Å². The van der Waals surface area contributed by atoms with Crippen molar-refractivity contribution in [3.05, 3.63) is 21.0 Å². The molecule has 5 saturated carbocycles. The average Bonchev–Trinajstić information content (AvgIpc) is 2.65. The van der Waals surface area contributed by atoms with Crippen molar-refractivity contribution in [2.75, 3.05) is 0 Å². The van der Waals surface area contributed by atoms with Crippen LogP contribution in [-0.2, 0) is 7.05 Å². The zero-order valence-corrected chi connectivity index (χ0v) is 13.6. The van der Waals surface area contributed by atoms with Crippen molar-refractivity contribution in [3.63, 3.8) is 0 Å². The Kier molecular flexibility index (Phi) is 1.45. The van der Waals surface area contributed by atoms with E-state index in [1.807, 2.05) is 0 Å². The normalized spacial score (nSPS) is 63.6. The van der Waals surface area contributed by atoms with Crippen LogP contribution in [0.4, 0.5) is 0 Å². The van der Waals surface area contributed by atoms with Crippen LogP contribution in [0.15, 0.2) is 9.59 Å². The highest BCUT2D eigenvalue weighted by Crippen LogP contribution is 3.04. The van der Waals surface area contributed by atoms with Crippen LogP contribution in [0, 0.1) is 34.5 Å². The fourth-order valence-corrected chi connectivity index (χ4v) is 9.26. The summed E-state index contributed by atoms with van der Waals surface area (Å²) in [6.45, 7) is 0. The number of nitrogens with zero attached hydrogens (tertiary/aromatic N) is 3. The summed E-state index contributed by atoms with van der Waals surface area (Å²) < 4.78 is 4.85. The largest absolute Gasteiger partial charge is 0.392 e. The predicted octanol–water partition coefficient (Wildman–Crippen LogP) is -0.146. The maximum Gasteiger partial charge on any atom is 0.347 e. The number of aromatic nitrogens is 3. The molecule has 2 aliphatic heterocycles. The standard InChI is InChI=1S/C15H16BrN3O3/c1-17-12(21)18-10-6-7-9-8(6)14(10)2-4(16)5(20)3-15(9,14)11(7)19(18)13(17)22/h4-11,20H,2-3H2,1H3/t4-,5-,6-,7-,8-,9-,10+,11+,14-,15+/m1/s1. The minimum Gasteiger partial charge on any atom is -0.392 e. The number of hydrogen-bond acceptors (Lipinski definition) is 3. The molecule has 2 spiro atoms. The summed E-state index contributed by atoms with van der Waals surface area (Å²) >= 11 is 3.67. The first-order chi connectivity index (χ1) is 10.5. The van der Waals surface area contributed by atoms with Crippen LogP contribution in [0.3, 0.4) is 0 Å². The van der Waals surface area contributed by atoms with E-state index in [4.69, 9.17) is 0 Å². The van der Waals surface area contributed by atoms with Crippen LogP contribution in [0.2, 0.25) is 0 Å². The Morgan fingerprint density at radius 2 is 1.55 bits per heavy atom. The smallest absolute Gasteiger partial charge is 0.347 e. The van der Waals surface area contributed by atoms with Gasteiger partial charge >= 0.3 is 11.4 Å². The third kappa shape index (κ3) is 0.658. The summed E-state index contributed by atoms with van der Waals surface area (Å²) in [5.41, 5.74) is -0.0336. The van der Waals surface area contributed by atoms with Crippen LogP contribution in [0.1, 0.15) is 24.9 Å². The fraction of sp³-hybridized carbons (Fsp3) is 0.867. The van der Waals surface area contributed by atoms with Crippen molar-refractivity contribution in [1.82, 2.24) is 13.9 Å². The monoisotopic (exact) mass is 365 g/mol. The molecule has 0 unspecified atom stereocenters. The maximum absolute atomic E-state index is 12.6. The van der Waals surface area contributed by atoms with Crippen LogP contribution < -0.4 is 11.4 Å². The third-order valence-electron chi connectivity index (χ3n) is 8.72. The zero-order valence-electron chi connectivity index (χ0n) is 12.0. The molecule has 5 aliphatic carbocycles. The van der Waals surface area contributed by atoms with Crippen molar-refractivity contribution in [3.8, 4) is 0 Å². The topological polar surface area (TPSA) is 69.2 Å². The molecule has 1 N–H and O–H groups in total. The number of halogens is 1. The van der Waals surface area contributed by atoms with Gasteiger partial charge in [-0.3, -0.25) is 0 Å². The molecule has 7 aliphatic rings. The summed E-state index contributed by atoms with van der Waals surface area (Å²) in [4.78, 5) is 25.3. The molecule has 7 heteroatoms. The van der Waals surface area contributed by atoms with Crippen molar-refractivity contribution in [2.24, 2.45) is 41.5 Å². The molecule has 0 radical (unpaired) electrons. The SMILES string of the molecule is Cn1c(=O)n2n(c1=O)[C@H]1[C@@H]3[C@@H]4[C@@H]5[C@@H]3[C@]13C[C@@H](Br)[C@H](O)C[C@@]53[C@H]42. The lowest BCUT2D eigenvalue weighted by molar-refractivity contribution is -0.562. The van der Waals surface area contributed by atoms with Gasteiger partial charge in [-0.05, 0) is 36.5 Å². The summed E-state index contributed by atoms with van der Waals surface area (Å²) in [5, 5.41) is 10.4. The molecule has 0 aromatic carbocycles. The Balaban J connectivity index is 1.58. The minimum absolute atomic E-state index is 0.100. The van der Waals surface area contributed by atoms with E-state index < -0.39 is 0 Å². The van der Waals surface area contributed by atoms with E-state index in [0.717, 1.165) is 18.8 Å². The molecule has 5 fully saturated rings. The van der Waals surface area contributed by atoms with Gasteiger partial charge in [0, 0.05) is 22.7 Å². The second kappa shape index (κ2) is 2.73. The molecule has 10 atom stereocenters. The van der Waals surface area contributed by atoms with E-state index in [9.17, 15) is 14.7 Å². The molecule has 116 valence electrons. The molecule has 0 amide bonds. The summed E-state index contributed by atoms with van der Waals surface area (Å²) in [5.74, 6) is 2.67. The summed E-state index contributed by atoms with van der Waals surface area (Å²) in [6, 6.07) is 0.361. The first-order valence-corrected chi connectivity index (χ1v) is 9.12. The van der Waals surface area contributed by atoms with E-state index in [1.54, 1.807) is 16.4 Å². The Morgan fingerprint density at radius 1 is 1.05 bits per heavy atom. The van der Waals surface area contributed by atoms with Crippen molar-refractivity contribution < 1.29 is 5.11 Å². The highest BCUT2D eigenvalue weighted by atomic mass is 79.9. The lowest BCUT2D eigenvalue weighted by atomic mass is 9.04. The van der Waals surface area contributed by atoms with Gasteiger partial charge in [0.2, 0.25) is 0 Å². The maximum atomic E-state index is 12.6. The van der Waals surface area contributed by atoms with Crippen molar-refractivity contribution in [2.45, 2.75) is 35.9 Å². The summed E-state index contributed by atoms with van der Waals surface area (Å²) in [6.07, 6.45) is 1.42. The fourth-order valence-electron chi connectivity index (χ4n) is 8.54. The molecule has 2 bridgehead atoms. The van der Waals surface area contributed by atoms with Crippen LogP contribution in [-0.4, -0.2) is 30.0 Å². The second-order valence-corrected chi connectivity index (χ2v) is 9.66. The number of rotatable bonds is 0. The van der Waals surface area contributed by atoms with Gasteiger partial charge in [-0.1, -0.05) is 15.9 Å². The lowest BCUT2D eigenvalue weighted by Crippen LogP contribution is -3.01. The lowest BCUT2D eigenvalue weighted by Gasteiger charge is -3.02. The van der Waals surface area contributed by atoms with Gasteiger partial charge in [0.05, 0.1) is 18.2 Å². The number of alkyl halides is 1. The molecule has 0 saturated heterocycles. The Bertz CT molecular complexity index is 845. The van der Waals surface area contributed by atoms with Crippen molar-refractivity contribution in [1.29, 1.82) is 0 Å². The number of hydrogen-bond donors (Lipinski definition) is 1. The third-order valence-corrected chi connectivity index (χ3v) is 9.66. The quantitative estimate of drug-likeness (QED) is 0.650. The molecule has 1 aromatic heterocycles. The van der Waals surface area contributed by atoms with Gasteiger partial charge in [0.1, 0.15) is 0 Å². The van der Waals surface area contributed by atoms with Gasteiger partial charge in [-0.15, -0.1) is 0 Å². The van der Waals surface area contributed by atoms with E-state index in [2.05, 4.69) is 15.9 Å². The van der Waals surface area contributed by atoms with Crippen molar-refractivity contribution >= 4 is 15.9 Å². The first kappa shape index (κ1) is 11.7. The predicted molar refractivity (Wildman–Crippen MR) is 78.8 cm³/mol. The van der Waals surface area contributed by atoms with E-state index in [-0.39, 0.29) is 45.2 Å². The van der Waals surface area contributed by atoms with E-state index >= 15 is 0 Å². The average molecular weight is 366 g/mol. The number of aliphatic hydroxyl groups is 1. The zero-order chi connectivity index (χ0) is 14.9. The number of aliphatic hydroxyl groups excluding tert-OH is 1. The van der Waals surface area contributed by atoms with Gasteiger partial charge in [-0.25, -0.2) is 23.5 Å². The van der Waals surface area contributed by atoms with Crippen LogP contribution >= 0.6 is 15.9 Å². The molecule has 8 rings (SSSR count). The van der Waals surface area contributed by atoms with Gasteiger partial charge in [0.15, 0.2) is 0 Å². The highest BCUT2D eigenvalue weighted by molar-refractivity contribution is 9.09. The first-order valence-electron chi connectivity index (χ1n) is 8.20. The summed E-state index contributed by atoms with van der Waals surface area (Å²) in [7, 11) is 1.59. The minimum atomic E-state index is -0.326. The van der Waals surface area contributed by atoms with Gasteiger partial charge in [-0.2, -0.15) is 0 Å². The molecular formula is C15H16BrN3O3. The molecule has 1 aromatic rings. The van der Waals surface area contributed by atoms with Crippen LogP contribution in [0.25, 0.3) is 0 Å². The van der Waals surface area contributed by atoms with Gasteiger partial charge < -0.3 is 5.11 Å². The van der Waals surface area contributed by atoms with E-state index in [1.165, 1.54) is 4.57 Å². The Labute approximate surface area is 133 Å². The highest BCUT2D eigenvalue weighted by Gasteiger charge is 3.03. The molecule has 22 heavy (non-hydrogen) atoms. The molecule has 6 nitrogen and oxygen atoms in total. The Hall–Kier alpha value is -0.820.